The minimum Gasteiger partial charge on any atom is -0.382 e. The van der Waals surface area contributed by atoms with Crippen molar-refractivity contribution in [2.75, 3.05) is 12.3 Å². The third-order valence-corrected chi connectivity index (χ3v) is 4.60. The van der Waals surface area contributed by atoms with Gasteiger partial charge in [-0.05, 0) is 5.56 Å². The zero-order chi connectivity index (χ0) is 17.4. The molecule has 3 aromatic rings. The quantitative estimate of drug-likeness (QED) is 0.743. The Kier molecular flexibility index (Phi) is 3.84. The normalized spacial score (nSPS) is 21.5. The Bertz CT molecular complexity index is 883. The molecule has 0 spiro atoms. The van der Waals surface area contributed by atoms with E-state index in [2.05, 4.69) is 15.0 Å². The van der Waals surface area contributed by atoms with E-state index in [1.807, 2.05) is 30.3 Å². The van der Waals surface area contributed by atoms with Crippen molar-refractivity contribution in [3.8, 4) is 0 Å². The van der Waals surface area contributed by atoms with Gasteiger partial charge in [0.2, 0.25) is 0 Å². The number of imidazole rings is 1. The molecule has 130 valence electrons. The molecule has 8 heteroatoms. The Morgan fingerprint density at radius 2 is 1.92 bits per heavy atom. The second-order valence-corrected chi connectivity index (χ2v) is 6.22. The number of nitrogens with zero attached hydrogens (tertiary/aromatic N) is 4. The third kappa shape index (κ3) is 2.93. The standard InChI is InChI=1S/C17H17F2N5O/c18-17(19)12(13(17)8-25-7-11-4-2-1-3-5-11)6-24-10-23-14-15(20)21-9-22-16(14)24/h1-5,9-10,12-13H,6-8H2,(H2,20,21,22)/t12-,13+/m1/s1. The molecule has 1 aliphatic rings. The van der Waals surface area contributed by atoms with Crippen LogP contribution in [0, 0.1) is 11.8 Å². The molecule has 1 fully saturated rings. The largest absolute Gasteiger partial charge is 0.382 e. The smallest absolute Gasteiger partial charge is 0.258 e. The van der Waals surface area contributed by atoms with Gasteiger partial charge in [0.05, 0.1) is 31.4 Å². The molecule has 0 bridgehead atoms. The molecule has 1 saturated carbocycles. The number of nitrogens with two attached hydrogens (primary N) is 1. The monoisotopic (exact) mass is 345 g/mol. The maximum atomic E-state index is 14.1. The summed E-state index contributed by atoms with van der Waals surface area (Å²) in [5, 5.41) is 0. The van der Waals surface area contributed by atoms with Gasteiger partial charge in [0.25, 0.3) is 5.92 Å². The van der Waals surface area contributed by atoms with Gasteiger partial charge in [0, 0.05) is 6.54 Å². The van der Waals surface area contributed by atoms with Crippen molar-refractivity contribution in [3.63, 3.8) is 0 Å². The van der Waals surface area contributed by atoms with Gasteiger partial charge in [-0.15, -0.1) is 0 Å². The van der Waals surface area contributed by atoms with Gasteiger partial charge in [-0.25, -0.2) is 23.7 Å². The molecule has 2 heterocycles. The lowest BCUT2D eigenvalue weighted by molar-refractivity contribution is 0.0455. The van der Waals surface area contributed by atoms with E-state index in [1.165, 1.54) is 12.7 Å². The molecular formula is C17H17F2N5O. The van der Waals surface area contributed by atoms with E-state index < -0.39 is 17.8 Å². The highest BCUT2D eigenvalue weighted by Gasteiger charge is 2.67. The summed E-state index contributed by atoms with van der Waals surface area (Å²) < 4.78 is 35.3. The Morgan fingerprint density at radius 3 is 2.72 bits per heavy atom. The lowest BCUT2D eigenvalue weighted by atomic mass is 10.2. The van der Waals surface area contributed by atoms with E-state index >= 15 is 0 Å². The number of nitrogen functional groups attached to an aromatic ring is 1. The maximum absolute atomic E-state index is 14.1. The van der Waals surface area contributed by atoms with Crippen molar-refractivity contribution < 1.29 is 13.5 Å². The minimum atomic E-state index is -2.74. The van der Waals surface area contributed by atoms with Crippen LogP contribution in [0.5, 0.6) is 0 Å². The van der Waals surface area contributed by atoms with Crippen molar-refractivity contribution in [3.05, 3.63) is 48.5 Å². The van der Waals surface area contributed by atoms with E-state index in [-0.39, 0.29) is 19.0 Å². The number of hydrogen-bond donors (Lipinski definition) is 1. The SMILES string of the molecule is Nc1ncnc2c1ncn2C[C@@H]1[C@H](COCc2ccccc2)C1(F)F. The summed E-state index contributed by atoms with van der Waals surface area (Å²) in [7, 11) is 0. The molecule has 1 aromatic carbocycles. The summed E-state index contributed by atoms with van der Waals surface area (Å²) >= 11 is 0. The van der Waals surface area contributed by atoms with Crippen LogP contribution < -0.4 is 5.73 Å². The van der Waals surface area contributed by atoms with Crippen LogP contribution in [-0.2, 0) is 17.9 Å². The topological polar surface area (TPSA) is 78.9 Å². The fourth-order valence-electron chi connectivity index (χ4n) is 3.06. The number of aromatic nitrogens is 4. The Morgan fingerprint density at radius 1 is 1.12 bits per heavy atom. The highest BCUT2D eigenvalue weighted by molar-refractivity contribution is 5.81. The summed E-state index contributed by atoms with van der Waals surface area (Å²) in [6, 6.07) is 9.50. The second-order valence-electron chi connectivity index (χ2n) is 6.22. The van der Waals surface area contributed by atoms with E-state index in [0.29, 0.717) is 17.8 Å². The van der Waals surface area contributed by atoms with Crippen LogP contribution in [0.15, 0.2) is 43.0 Å². The predicted octanol–water partition coefficient (Wildman–Crippen LogP) is 2.51. The predicted molar refractivity (Wildman–Crippen MR) is 87.8 cm³/mol. The van der Waals surface area contributed by atoms with Crippen LogP contribution in [0.25, 0.3) is 11.2 Å². The van der Waals surface area contributed by atoms with Crippen molar-refractivity contribution in [2.45, 2.75) is 19.1 Å². The molecule has 0 amide bonds. The summed E-state index contributed by atoms with van der Waals surface area (Å²) in [6.07, 6.45) is 2.79. The summed E-state index contributed by atoms with van der Waals surface area (Å²) in [4.78, 5) is 12.1. The molecule has 2 aromatic heterocycles. The van der Waals surface area contributed by atoms with Gasteiger partial charge in [-0.3, -0.25) is 0 Å². The first-order chi connectivity index (χ1) is 12.1. The number of ether oxygens (including phenoxy) is 1. The number of benzene rings is 1. The molecule has 0 unspecified atom stereocenters. The van der Waals surface area contributed by atoms with Gasteiger partial charge in [0.15, 0.2) is 11.5 Å². The summed E-state index contributed by atoms with van der Waals surface area (Å²) in [6.45, 7) is 0.480. The highest BCUT2D eigenvalue weighted by Crippen LogP contribution is 2.56. The van der Waals surface area contributed by atoms with Crippen molar-refractivity contribution in [1.82, 2.24) is 19.5 Å². The second kappa shape index (κ2) is 6.03. The number of halogens is 2. The molecule has 2 N–H and O–H groups in total. The summed E-state index contributed by atoms with van der Waals surface area (Å²) in [5.41, 5.74) is 7.60. The first kappa shape index (κ1) is 15.9. The molecule has 1 aliphatic carbocycles. The summed E-state index contributed by atoms with van der Waals surface area (Å²) in [5.74, 6) is -4.09. The van der Waals surface area contributed by atoms with Gasteiger partial charge in [-0.1, -0.05) is 30.3 Å². The van der Waals surface area contributed by atoms with Crippen LogP contribution in [0.3, 0.4) is 0 Å². The minimum absolute atomic E-state index is 0.0241. The van der Waals surface area contributed by atoms with E-state index in [9.17, 15) is 8.78 Å². The number of rotatable bonds is 6. The van der Waals surface area contributed by atoms with E-state index in [1.54, 1.807) is 4.57 Å². The average Bonchev–Trinajstić information content (AvgIpc) is 2.94. The first-order valence-corrected chi connectivity index (χ1v) is 7.98. The number of fused-ring (bicyclic) bond motifs is 1. The molecule has 6 nitrogen and oxygen atoms in total. The number of hydrogen-bond acceptors (Lipinski definition) is 5. The van der Waals surface area contributed by atoms with Gasteiger partial charge in [0.1, 0.15) is 11.8 Å². The zero-order valence-corrected chi connectivity index (χ0v) is 13.3. The van der Waals surface area contributed by atoms with Crippen molar-refractivity contribution >= 4 is 17.0 Å². The van der Waals surface area contributed by atoms with Gasteiger partial charge < -0.3 is 15.0 Å². The van der Waals surface area contributed by atoms with Crippen LogP contribution in [0.2, 0.25) is 0 Å². The van der Waals surface area contributed by atoms with Crippen LogP contribution in [-0.4, -0.2) is 32.0 Å². The number of alkyl halides is 2. The Balaban J connectivity index is 1.40. The molecular weight excluding hydrogens is 328 g/mol. The number of anilines is 1. The van der Waals surface area contributed by atoms with Gasteiger partial charge >= 0.3 is 0 Å². The van der Waals surface area contributed by atoms with Crippen LogP contribution >= 0.6 is 0 Å². The fourth-order valence-corrected chi connectivity index (χ4v) is 3.06. The molecule has 25 heavy (non-hydrogen) atoms. The maximum Gasteiger partial charge on any atom is 0.258 e. The molecule has 0 saturated heterocycles. The lowest BCUT2D eigenvalue weighted by Crippen LogP contribution is -2.05. The fraction of sp³-hybridized carbons (Fsp3) is 0.353. The lowest BCUT2D eigenvalue weighted by Gasteiger charge is -2.04. The third-order valence-electron chi connectivity index (χ3n) is 4.60. The first-order valence-electron chi connectivity index (χ1n) is 7.98. The van der Waals surface area contributed by atoms with E-state index in [4.69, 9.17) is 10.5 Å². The molecule has 0 radical (unpaired) electrons. The van der Waals surface area contributed by atoms with Crippen molar-refractivity contribution in [1.29, 1.82) is 0 Å². The Labute approximate surface area is 142 Å². The zero-order valence-electron chi connectivity index (χ0n) is 13.3. The van der Waals surface area contributed by atoms with Crippen LogP contribution in [0.1, 0.15) is 5.56 Å². The molecule has 2 atom stereocenters. The van der Waals surface area contributed by atoms with Crippen molar-refractivity contribution in [2.24, 2.45) is 11.8 Å². The molecule has 0 aliphatic heterocycles. The molecule has 4 rings (SSSR count). The van der Waals surface area contributed by atoms with E-state index in [0.717, 1.165) is 5.56 Å². The van der Waals surface area contributed by atoms with Gasteiger partial charge in [-0.2, -0.15) is 0 Å². The average molecular weight is 345 g/mol. The van der Waals surface area contributed by atoms with Crippen LogP contribution in [0.4, 0.5) is 14.6 Å². The Hall–Kier alpha value is -2.61. The highest BCUT2D eigenvalue weighted by atomic mass is 19.3.